The van der Waals surface area contributed by atoms with Crippen molar-refractivity contribution in [3.05, 3.63) is 78.0 Å². The average molecular weight is 470 g/mol. The molecule has 0 radical (unpaired) electrons. The Hall–Kier alpha value is -3.24. The van der Waals surface area contributed by atoms with Gasteiger partial charge in [-0.2, -0.15) is 0 Å². The van der Waals surface area contributed by atoms with Crippen molar-refractivity contribution in [2.24, 2.45) is 5.41 Å². The van der Waals surface area contributed by atoms with E-state index in [1.807, 2.05) is 53.8 Å². The van der Waals surface area contributed by atoms with Gasteiger partial charge < -0.3 is 9.47 Å². The summed E-state index contributed by atoms with van der Waals surface area (Å²) in [7, 11) is 0. The average Bonchev–Trinajstić information content (AvgIpc) is 2.79. The highest BCUT2D eigenvalue weighted by atomic mass is 16.6. The largest absolute Gasteiger partial charge is 0.462 e. The van der Waals surface area contributed by atoms with Crippen LogP contribution < -0.4 is 0 Å². The molecule has 0 N–H and O–H groups in total. The Bertz CT molecular complexity index is 1370. The van der Waals surface area contributed by atoms with E-state index in [1.165, 1.54) is 0 Å². The molecule has 35 heavy (non-hydrogen) atoms. The van der Waals surface area contributed by atoms with Crippen molar-refractivity contribution in [3.63, 3.8) is 0 Å². The number of fused-ring (bicyclic) bond motifs is 2. The summed E-state index contributed by atoms with van der Waals surface area (Å²) in [5.74, 6) is -0.244. The highest BCUT2D eigenvalue weighted by Gasteiger charge is 2.30. The van der Waals surface area contributed by atoms with Gasteiger partial charge in [0.05, 0.1) is 16.5 Å². The quantitative estimate of drug-likeness (QED) is 0.280. The van der Waals surface area contributed by atoms with Gasteiger partial charge in [0.1, 0.15) is 12.7 Å². The van der Waals surface area contributed by atoms with Crippen LogP contribution in [0.25, 0.3) is 32.8 Å². The number of carbonyl (C=O) groups is 1. The number of benzene rings is 3. The van der Waals surface area contributed by atoms with Crippen LogP contribution in [0.1, 0.15) is 58.8 Å². The van der Waals surface area contributed by atoms with Crippen LogP contribution in [0.5, 0.6) is 0 Å². The van der Waals surface area contributed by atoms with Crippen LogP contribution in [0.4, 0.5) is 0 Å². The lowest BCUT2D eigenvalue weighted by Crippen LogP contribution is -2.30. The van der Waals surface area contributed by atoms with Crippen molar-refractivity contribution in [1.82, 2.24) is 4.98 Å². The maximum absolute atomic E-state index is 12.7. The van der Waals surface area contributed by atoms with Gasteiger partial charge in [0, 0.05) is 17.1 Å². The van der Waals surface area contributed by atoms with Gasteiger partial charge >= 0.3 is 5.97 Å². The fourth-order valence-corrected chi connectivity index (χ4v) is 4.49. The number of carbonyl (C=O) groups excluding carboxylic acids is 1. The van der Waals surface area contributed by atoms with E-state index in [0.717, 1.165) is 43.9 Å². The highest BCUT2D eigenvalue weighted by molar-refractivity contribution is 6.06. The van der Waals surface area contributed by atoms with Crippen LogP contribution in [0.3, 0.4) is 0 Å². The molecule has 0 amide bonds. The van der Waals surface area contributed by atoms with E-state index in [0.29, 0.717) is 0 Å². The van der Waals surface area contributed by atoms with Crippen LogP contribution in [-0.2, 0) is 14.3 Å². The van der Waals surface area contributed by atoms with E-state index in [4.69, 9.17) is 14.5 Å². The summed E-state index contributed by atoms with van der Waals surface area (Å²) in [6.45, 7) is 13.9. The monoisotopic (exact) mass is 469 g/mol. The standard InChI is InChI=1S/C31H35NO3/c1-20-18-22-12-8-9-15-23(22)27(24-16-10-13-21-14-11-17-32-28(21)24)26(20)25(35-31(5,6)7)19-34-29(33)30(2,3)4/h8-18,25H,19H2,1-7H3/t25-/m1/s1. The Morgan fingerprint density at radius 1 is 0.914 bits per heavy atom. The molecular formula is C31H35NO3. The minimum Gasteiger partial charge on any atom is -0.462 e. The van der Waals surface area contributed by atoms with Crippen LogP contribution in [0.15, 0.2) is 66.9 Å². The number of nitrogens with zero attached hydrogens (tertiary/aromatic N) is 1. The first-order valence-corrected chi connectivity index (χ1v) is 12.2. The smallest absolute Gasteiger partial charge is 0.311 e. The first kappa shape index (κ1) is 24.9. The van der Waals surface area contributed by atoms with E-state index in [1.54, 1.807) is 0 Å². The van der Waals surface area contributed by atoms with Crippen LogP contribution in [-0.4, -0.2) is 23.2 Å². The predicted octanol–water partition coefficient (Wildman–Crippen LogP) is 7.81. The molecule has 4 rings (SSSR count). The number of ether oxygens (including phenoxy) is 2. The van der Waals surface area contributed by atoms with Crippen molar-refractivity contribution < 1.29 is 14.3 Å². The third-order valence-corrected chi connectivity index (χ3v) is 5.99. The number of hydrogen-bond donors (Lipinski definition) is 0. The van der Waals surface area contributed by atoms with Gasteiger partial charge in [-0.1, -0.05) is 54.6 Å². The number of rotatable bonds is 5. The Morgan fingerprint density at radius 2 is 1.60 bits per heavy atom. The Morgan fingerprint density at radius 3 is 2.31 bits per heavy atom. The molecule has 0 bridgehead atoms. The van der Waals surface area contributed by atoms with Gasteiger partial charge in [-0.3, -0.25) is 9.78 Å². The molecule has 0 saturated carbocycles. The van der Waals surface area contributed by atoms with Crippen molar-refractivity contribution in [1.29, 1.82) is 0 Å². The molecule has 1 aromatic heterocycles. The van der Waals surface area contributed by atoms with Crippen LogP contribution in [0, 0.1) is 12.3 Å². The van der Waals surface area contributed by atoms with Crippen molar-refractivity contribution in [3.8, 4) is 11.1 Å². The molecule has 0 aliphatic heterocycles. The van der Waals surface area contributed by atoms with Crippen molar-refractivity contribution >= 4 is 27.6 Å². The van der Waals surface area contributed by atoms with Crippen molar-refractivity contribution in [2.75, 3.05) is 6.61 Å². The summed E-state index contributed by atoms with van der Waals surface area (Å²) < 4.78 is 12.4. The lowest BCUT2D eigenvalue weighted by Gasteiger charge is -2.31. The van der Waals surface area contributed by atoms with Gasteiger partial charge in [0.2, 0.25) is 0 Å². The van der Waals surface area contributed by atoms with E-state index in [2.05, 4.69) is 61.5 Å². The SMILES string of the molecule is Cc1cc2ccccc2c(-c2cccc3cccnc23)c1[C@@H](COC(=O)C(C)(C)C)OC(C)(C)C. The predicted molar refractivity (Wildman–Crippen MR) is 143 cm³/mol. The zero-order valence-corrected chi connectivity index (χ0v) is 21.8. The molecule has 0 fully saturated rings. The number of para-hydroxylation sites is 1. The third-order valence-electron chi connectivity index (χ3n) is 5.99. The normalized spacial score (nSPS) is 13.2. The fourth-order valence-electron chi connectivity index (χ4n) is 4.49. The number of aromatic nitrogens is 1. The molecule has 0 aliphatic carbocycles. The molecule has 182 valence electrons. The highest BCUT2D eigenvalue weighted by Crippen LogP contribution is 2.42. The minimum atomic E-state index is -0.590. The lowest BCUT2D eigenvalue weighted by molar-refractivity contribution is -0.162. The van der Waals surface area contributed by atoms with E-state index in [-0.39, 0.29) is 12.6 Å². The molecule has 0 spiro atoms. The molecule has 1 atom stereocenters. The van der Waals surface area contributed by atoms with E-state index < -0.39 is 17.1 Å². The Kier molecular flexibility index (Phi) is 6.70. The summed E-state index contributed by atoms with van der Waals surface area (Å²) in [5, 5.41) is 3.35. The Balaban J connectivity index is 1.99. The number of pyridine rings is 1. The van der Waals surface area contributed by atoms with E-state index in [9.17, 15) is 4.79 Å². The van der Waals surface area contributed by atoms with Gasteiger partial charge in [0.25, 0.3) is 0 Å². The summed E-state index contributed by atoms with van der Waals surface area (Å²) in [5.41, 5.74) is 4.14. The number of esters is 1. The summed E-state index contributed by atoms with van der Waals surface area (Å²) in [6.07, 6.45) is 1.39. The first-order chi connectivity index (χ1) is 16.5. The molecule has 3 aromatic carbocycles. The lowest BCUT2D eigenvalue weighted by atomic mass is 9.86. The maximum atomic E-state index is 12.7. The summed E-state index contributed by atoms with van der Waals surface area (Å²) in [4.78, 5) is 17.5. The molecule has 4 heteroatoms. The molecule has 4 nitrogen and oxygen atoms in total. The maximum Gasteiger partial charge on any atom is 0.311 e. The van der Waals surface area contributed by atoms with Crippen LogP contribution >= 0.6 is 0 Å². The summed E-state index contributed by atoms with van der Waals surface area (Å²) in [6, 6.07) is 20.9. The molecule has 0 unspecified atom stereocenters. The third kappa shape index (κ3) is 5.38. The van der Waals surface area contributed by atoms with Crippen LogP contribution in [0.2, 0.25) is 0 Å². The number of aryl methyl sites for hydroxylation is 1. The fraction of sp³-hybridized carbons (Fsp3) is 0.355. The first-order valence-electron chi connectivity index (χ1n) is 12.2. The summed E-state index contributed by atoms with van der Waals surface area (Å²) >= 11 is 0. The van der Waals surface area contributed by atoms with Gasteiger partial charge in [0.15, 0.2) is 0 Å². The van der Waals surface area contributed by atoms with Gasteiger partial charge in [-0.25, -0.2) is 0 Å². The molecule has 0 aliphatic rings. The van der Waals surface area contributed by atoms with Crippen molar-refractivity contribution in [2.45, 2.75) is 60.2 Å². The molecule has 1 heterocycles. The molecule has 0 saturated heterocycles. The van der Waals surface area contributed by atoms with Gasteiger partial charge in [-0.05, 0) is 82.0 Å². The minimum absolute atomic E-state index is 0.137. The topological polar surface area (TPSA) is 48.4 Å². The second kappa shape index (κ2) is 9.43. The Labute approximate surface area is 208 Å². The molecule has 4 aromatic rings. The second-order valence-electron chi connectivity index (χ2n) is 11.2. The number of hydrogen-bond acceptors (Lipinski definition) is 4. The van der Waals surface area contributed by atoms with Gasteiger partial charge in [-0.15, -0.1) is 0 Å². The zero-order chi connectivity index (χ0) is 25.4. The second-order valence-corrected chi connectivity index (χ2v) is 11.2. The van der Waals surface area contributed by atoms with E-state index >= 15 is 0 Å². The zero-order valence-electron chi connectivity index (χ0n) is 21.8. The molecular weight excluding hydrogens is 434 g/mol.